The van der Waals surface area contributed by atoms with Gasteiger partial charge in [0.1, 0.15) is 5.82 Å². The number of nitrogens with zero attached hydrogens (tertiary/aromatic N) is 2. The molecular weight excluding hydrogens is 228 g/mol. The highest BCUT2D eigenvalue weighted by atomic mass is 35.5. The minimum Gasteiger partial charge on any atom is -0.337 e. The zero-order valence-electron chi connectivity index (χ0n) is 7.22. The lowest BCUT2D eigenvalue weighted by Gasteiger charge is -2.24. The quantitative estimate of drug-likeness (QED) is 0.549. The molecule has 1 aromatic heterocycles. The van der Waals surface area contributed by atoms with E-state index < -0.39 is 16.9 Å². The molecule has 15 heavy (non-hydrogen) atoms. The highest BCUT2D eigenvalue weighted by Crippen LogP contribution is 2.31. The van der Waals surface area contributed by atoms with E-state index in [4.69, 9.17) is 11.6 Å². The Bertz CT molecular complexity index is 477. The molecule has 0 spiro atoms. The van der Waals surface area contributed by atoms with Crippen molar-refractivity contribution in [3.63, 3.8) is 0 Å². The number of anilines is 1. The van der Waals surface area contributed by atoms with Gasteiger partial charge in [0.05, 0.1) is 11.3 Å². The Morgan fingerprint density at radius 1 is 1.60 bits per heavy atom. The highest BCUT2D eigenvalue weighted by molar-refractivity contribution is 6.30. The molecule has 78 valence electrons. The van der Waals surface area contributed by atoms with Crippen LogP contribution in [0, 0.1) is 5.82 Å². The van der Waals surface area contributed by atoms with Crippen LogP contribution in [0.1, 0.15) is 10.4 Å². The summed E-state index contributed by atoms with van der Waals surface area (Å²) in [6.45, 7) is 3.20. The van der Waals surface area contributed by atoms with Crippen molar-refractivity contribution < 1.29 is 13.7 Å². The van der Waals surface area contributed by atoms with Crippen LogP contribution in [0.4, 0.5) is 14.6 Å². The molecular formula is C8H4ClF2N3O. The summed E-state index contributed by atoms with van der Waals surface area (Å²) in [5.41, 5.74) is -0.439. The number of fused-ring (bicyclic) bond motifs is 1. The van der Waals surface area contributed by atoms with E-state index in [2.05, 4.69) is 16.9 Å². The third-order valence-electron chi connectivity index (χ3n) is 1.89. The first-order chi connectivity index (χ1) is 7.02. The van der Waals surface area contributed by atoms with Gasteiger partial charge in [-0.15, -0.1) is 5.12 Å². The van der Waals surface area contributed by atoms with Gasteiger partial charge in [0.2, 0.25) is 0 Å². The van der Waals surface area contributed by atoms with Gasteiger partial charge >= 0.3 is 0 Å². The minimum absolute atomic E-state index is 0.209. The fourth-order valence-electron chi connectivity index (χ4n) is 1.17. The van der Waals surface area contributed by atoms with Crippen molar-refractivity contribution >= 4 is 23.2 Å². The Kier molecular flexibility index (Phi) is 2.08. The van der Waals surface area contributed by atoms with Gasteiger partial charge < -0.3 is 5.32 Å². The number of halogens is 3. The first kappa shape index (κ1) is 9.85. The van der Waals surface area contributed by atoms with E-state index in [1.165, 1.54) is 0 Å². The molecule has 1 N–H and O–H groups in total. The van der Waals surface area contributed by atoms with Gasteiger partial charge in [-0.1, -0.05) is 22.7 Å². The second-order valence-corrected chi connectivity index (χ2v) is 3.17. The van der Waals surface area contributed by atoms with Crippen LogP contribution in [-0.4, -0.2) is 16.0 Å². The molecule has 1 aliphatic heterocycles. The maximum absolute atomic E-state index is 13.4. The predicted molar refractivity (Wildman–Crippen MR) is 49.2 cm³/mol. The van der Waals surface area contributed by atoms with E-state index in [0.717, 1.165) is 6.20 Å². The number of carbonyl (C=O) groups excluding carboxylic acids is 1. The Hall–Kier alpha value is -1.69. The smallest absolute Gasteiger partial charge is 0.291 e. The van der Waals surface area contributed by atoms with Crippen molar-refractivity contribution in [3.05, 3.63) is 35.1 Å². The number of carbonyl (C=O) groups is 1. The van der Waals surface area contributed by atoms with Gasteiger partial charge in [-0.25, -0.2) is 9.37 Å². The molecule has 1 aromatic rings. The fraction of sp³-hybridized carbons (Fsp3) is 0. The zero-order chi connectivity index (χ0) is 11.2. The summed E-state index contributed by atoms with van der Waals surface area (Å²) in [6.07, 6.45) is 0.995. The van der Waals surface area contributed by atoms with Crippen molar-refractivity contribution in [2.45, 2.75) is 0 Å². The number of rotatable bonds is 0. The first-order valence-corrected chi connectivity index (χ1v) is 4.20. The summed E-state index contributed by atoms with van der Waals surface area (Å²) in [4.78, 5) is 14.7. The van der Waals surface area contributed by atoms with Crippen molar-refractivity contribution in [2.75, 3.05) is 5.32 Å². The maximum atomic E-state index is 13.4. The molecule has 0 bridgehead atoms. The molecule has 0 saturated heterocycles. The van der Waals surface area contributed by atoms with Crippen molar-refractivity contribution in [1.29, 1.82) is 0 Å². The lowest BCUT2D eigenvalue weighted by atomic mass is 10.2. The molecule has 1 amide bonds. The standard InChI is InChI=1S/C8H4ClF2N3O/c1-3-13-6-4(8(15)14(3)11)2-12-7(9)5(6)10/h2,13H,1H2. The number of pyridine rings is 1. The fourth-order valence-corrected chi connectivity index (χ4v) is 1.31. The first-order valence-electron chi connectivity index (χ1n) is 3.82. The normalized spacial score (nSPS) is 15.0. The topological polar surface area (TPSA) is 45.2 Å². The van der Waals surface area contributed by atoms with Crippen molar-refractivity contribution in [1.82, 2.24) is 10.1 Å². The van der Waals surface area contributed by atoms with Crippen LogP contribution in [0.25, 0.3) is 0 Å². The summed E-state index contributed by atoms with van der Waals surface area (Å²) in [5, 5.41) is 1.67. The second-order valence-electron chi connectivity index (χ2n) is 2.81. The molecule has 0 saturated carbocycles. The van der Waals surface area contributed by atoms with E-state index >= 15 is 0 Å². The summed E-state index contributed by atoms with van der Waals surface area (Å²) >= 11 is 5.40. The van der Waals surface area contributed by atoms with Gasteiger partial charge in [0, 0.05) is 6.20 Å². The summed E-state index contributed by atoms with van der Waals surface area (Å²) in [6, 6.07) is 0. The molecule has 0 aliphatic carbocycles. The van der Waals surface area contributed by atoms with Crippen LogP contribution in [-0.2, 0) is 0 Å². The average molecular weight is 232 g/mol. The number of amides is 1. The van der Waals surface area contributed by atoms with Gasteiger partial charge in [-0.3, -0.25) is 4.79 Å². The monoisotopic (exact) mass is 231 g/mol. The lowest BCUT2D eigenvalue weighted by molar-refractivity contribution is 0.0378. The molecule has 0 aromatic carbocycles. The number of hydrogen-bond donors (Lipinski definition) is 1. The Morgan fingerprint density at radius 2 is 2.27 bits per heavy atom. The lowest BCUT2D eigenvalue weighted by Crippen LogP contribution is -2.32. The Balaban J connectivity index is 2.65. The average Bonchev–Trinajstić information content (AvgIpc) is 2.21. The summed E-state index contributed by atoms with van der Waals surface area (Å²) < 4.78 is 26.4. The van der Waals surface area contributed by atoms with Crippen LogP contribution in [0.3, 0.4) is 0 Å². The molecule has 4 nitrogen and oxygen atoms in total. The third kappa shape index (κ3) is 1.33. The molecule has 7 heteroatoms. The number of nitrogens with one attached hydrogen (secondary N) is 1. The van der Waals surface area contributed by atoms with Crippen LogP contribution in [0.5, 0.6) is 0 Å². The van der Waals surface area contributed by atoms with Crippen LogP contribution < -0.4 is 5.32 Å². The van der Waals surface area contributed by atoms with Crippen LogP contribution >= 0.6 is 11.6 Å². The third-order valence-corrected chi connectivity index (χ3v) is 2.16. The molecule has 0 unspecified atom stereocenters. The predicted octanol–water partition coefficient (Wildman–Crippen LogP) is 2.10. The molecule has 0 atom stereocenters. The van der Waals surface area contributed by atoms with E-state index in [-0.39, 0.29) is 22.2 Å². The summed E-state index contributed by atoms with van der Waals surface area (Å²) in [7, 11) is 0. The molecule has 1 aliphatic rings. The Labute approximate surface area is 88.1 Å². The van der Waals surface area contributed by atoms with Crippen LogP contribution in [0.15, 0.2) is 18.6 Å². The SMILES string of the molecule is C=C1Nc2c(cnc(Cl)c2F)C(=O)N1F. The Morgan fingerprint density at radius 3 is 2.93 bits per heavy atom. The molecule has 0 radical (unpaired) electrons. The van der Waals surface area contributed by atoms with Gasteiger partial charge in [0.15, 0.2) is 11.0 Å². The van der Waals surface area contributed by atoms with Gasteiger partial charge in [-0.2, -0.15) is 0 Å². The van der Waals surface area contributed by atoms with E-state index in [0.29, 0.717) is 0 Å². The number of hydrogen-bond acceptors (Lipinski definition) is 3. The summed E-state index contributed by atoms with van der Waals surface area (Å²) in [5.74, 6) is -2.30. The molecule has 2 rings (SSSR count). The van der Waals surface area contributed by atoms with E-state index in [1.807, 2.05) is 0 Å². The van der Waals surface area contributed by atoms with E-state index in [1.54, 1.807) is 0 Å². The number of aromatic nitrogens is 1. The highest BCUT2D eigenvalue weighted by Gasteiger charge is 2.30. The molecule has 0 fully saturated rings. The van der Waals surface area contributed by atoms with Gasteiger partial charge in [-0.05, 0) is 0 Å². The largest absolute Gasteiger partial charge is 0.337 e. The zero-order valence-corrected chi connectivity index (χ0v) is 7.98. The van der Waals surface area contributed by atoms with E-state index in [9.17, 15) is 13.7 Å². The minimum atomic E-state index is -1.03. The second kappa shape index (κ2) is 3.16. The van der Waals surface area contributed by atoms with Gasteiger partial charge in [0.25, 0.3) is 5.91 Å². The van der Waals surface area contributed by atoms with Crippen molar-refractivity contribution in [3.8, 4) is 0 Å². The molecule has 2 heterocycles. The maximum Gasteiger partial charge on any atom is 0.291 e. The van der Waals surface area contributed by atoms with Crippen molar-refractivity contribution in [2.24, 2.45) is 0 Å². The van der Waals surface area contributed by atoms with Crippen LogP contribution in [0.2, 0.25) is 5.15 Å².